The lowest BCUT2D eigenvalue weighted by Gasteiger charge is -2.44. The molecule has 1 aromatic carbocycles. The van der Waals surface area contributed by atoms with Crippen LogP contribution in [0.15, 0.2) is 22.7 Å². The predicted octanol–water partition coefficient (Wildman–Crippen LogP) is 3.71. The van der Waals surface area contributed by atoms with Crippen LogP contribution in [0.3, 0.4) is 0 Å². The lowest BCUT2D eigenvalue weighted by atomic mass is 9.71. The molecular weight excluding hydrogens is 352 g/mol. The second kappa shape index (κ2) is 6.27. The Balaban J connectivity index is 1.69. The summed E-state index contributed by atoms with van der Waals surface area (Å²) in [6.07, 6.45) is 4.74. The van der Waals surface area contributed by atoms with E-state index in [2.05, 4.69) is 21.2 Å². The quantitative estimate of drug-likeness (QED) is 0.816. The first-order valence-electron chi connectivity index (χ1n) is 7.55. The molecule has 2 aliphatic rings. The molecule has 21 heavy (non-hydrogen) atoms. The van der Waals surface area contributed by atoms with Crippen LogP contribution in [-0.4, -0.2) is 37.0 Å². The highest BCUT2D eigenvalue weighted by Gasteiger charge is 2.37. The Morgan fingerprint density at radius 2 is 1.86 bits per heavy atom. The SMILES string of the molecule is O=C(c1cc(Cl)ccc1Br)N1CCC2(CCNCC2)CC1. The molecule has 0 saturated carbocycles. The highest BCUT2D eigenvalue weighted by atomic mass is 79.9. The van der Waals surface area contributed by atoms with E-state index in [1.807, 2.05) is 11.0 Å². The molecule has 1 spiro atoms. The third-order valence-corrected chi connectivity index (χ3v) is 5.86. The number of likely N-dealkylation sites (tertiary alicyclic amines) is 1. The minimum Gasteiger partial charge on any atom is -0.339 e. The van der Waals surface area contributed by atoms with Crippen LogP contribution in [0.25, 0.3) is 0 Å². The Bertz CT molecular complexity index is 533. The van der Waals surface area contributed by atoms with Gasteiger partial charge in [0, 0.05) is 22.6 Å². The van der Waals surface area contributed by atoms with Crippen LogP contribution in [0.1, 0.15) is 36.0 Å². The molecule has 3 nitrogen and oxygen atoms in total. The number of amides is 1. The molecule has 2 fully saturated rings. The lowest BCUT2D eigenvalue weighted by Crippen LogP contribution is -2.47. The van der Waals surface area contributed by atoms with Crippen molar-refractivity contribution in [1.82, 2.24) is 10.2 Å². The number of benzene rings is 1. The molecule has 0 aromatic heterocycles. The Hall–Kier alpha value is -0.580. The Morgan fingerprint density at radius 3 is 2.52 bits per heavy atom. The van der Waals surface area contributed by atoms with E-state index in [0.29, 0.717) is 16.0 Å². The first-order chi connectivity index (χ1) is 10.1. The molecule has 1 N–H and O–H groups in total. The molecule has 2 heterocycles. The van der Waals surface area contributed by atoms with E-state index in [1.54, 1.807) is 12.1 Å². The van der Waals surface area contributed by atoms with Crippen molar-refractivity contribution < 1.29 is 4.79 Å². The normalized spacial score (nSPS) is 21.5. The van der Waals surface area contributed by atoms with Crippen LogP contribution >= 0.6 is 27.5 Å². The minimum absolute atomic E-state index is 0.0909. The highest BCUT2D eigenvalue weighted by molar-refractivity contribution is 9.10. The second-order valence-corrected chi connectivity index (χ2v) is 7.46. The molecule has 1 aromatic rings. The monoisotopic (exact) mass is 370 g/mol. The summed E-state index contributed by atoms with van der Waals surface area (Å²) in [5.74, 6) is 0.0909. The average Bonchev–Trinajstić information content (AvgIpc) is 2.51. The maximum Gasteiger partial charge on any atom is 0.255 e. The lowest BCUT2D eigenvalue weighted by molar-refractivity contribution is 0.0495. The van der Waals surface area contributed by atoms with Crippen molar-refractivity contribution in [2.24, 2.45) is 5.41 Å². The summed E-state index contributed by atoms with van der Waals surface area (Å²) in [7, 11) is 0. The maximum absolute atomic E-state index is 12.7. The predicted molar refractivity (Wildman–Crippen MR) is 88.8 cm³/mol. The minimum atomic E-state index is 0.0909. The standard InChI is InChI=1S/C16H20BrClN2O/c17-14-2-1-12(18)11-13(14)15(21)20-9-5-16(6-10-20)3-7-19-8-4-16/h1-2,11,19H,3-10H2. The number of hydrogen-bond acceptors (Lipinski definition) is 2. The fourth-order valence-electron chi connectivity index (χ4n) is 3.47. The van der Waals surface area contributed by atoms with Gasteiger partial charge in [-0.15, -0.1) is 0 Å². The zero-order chi connectivity index (χ0) is 14.9. The van der Waals surface area contributed by atoms with Crippen molar-refractivity contribution in [3.63, 3.8) is 0 Å². The highest BCUT2D eigenvalue weighted by Crippen LogP contribution is 2.40. The van der Waals surface area contributed by atoms with E-state index in [1.165, 1.54) is 12.8 Å². The molecule has 0 bridgehead atoms. The number of carbonyl (C=O) groups excluding carboxylic acids is 1. The van der Waals surface area contributed by atoms with Gasteiger partial charge in [-0.05, 0) is 78.3 Å². The second-order valence-electron chi connectivity index (χ2n) is 6.17. The van der Waals surface area contributed by atoms with Crippen molar-refractivity contribution in [1.29, 1.82) is 0 Å². The van der Waals surface area contributed by atoms with Gasteiger partial charge in [0.15, 0.2) is 0 Å². The van der Waals surface area contributed by atoms with Crippen molar-refractivity contribution in [3.05, 3.63) is 33.3 Å². The van der Waals surface area contributed by atoms with Gasteiger partial charge in [-0.1, -0.05) is 11.6 Å². The molecule has 3 rings (SSSR count). The zero-order valence-electron chi connectivity index (χ0n) is 12.0. The summed E-state index contributed by atoms with van der Waals surface area (Å²) in [5.41, 5.74) is 1.14. The Labute approximate surface area is 139 Å². The van der Waals surface area contributed by atoms with Crippen LogP contribution in [-0.2, 0) is 0 Å². The van der Waals surface area contributed by atoms with Gasteiger partial charge >= 0.3 is 0 Å². The molecule has 0 aliphatic carbocycles. The number of nitrogens with zero attached hydrogens (tertiary/aromatic N) is 1. The van der Waals surface area contributed by atoms with Crippen molar-refractivity contribution in [2.75, 3.05) is 26.2 Å². The molecule has 2 aliphatic heterocycles. The number of nitrogens with one attached hydrogen (secondary N) is 1. The van der Waals surface area contributed by atoms with Crippen LogP contribution in [0.5, 0.6) is 0 Å². The molecule has 114 valence electrons. The fraction of sp³-hybridized carbons (Fsp3) is 0.562. The van der Waals surface area contributed by atoms with E-state index in [0.717, 1.165) is 43.5 Å². The molecule has 1 amide bonds. The first kappa shape index (κ1) is 15.3. The molecule has 0 unspecified atom stereocenters. The third-order valence-electron chi connectivity index (χ3n) is 4.93. The summed E-state index contributed by atoms with van der Waals surface area (Å²) in [5, 5.41) is 4.03. The largest absolute Gasteiger partial charge is 0.339 e. The smallest absolute Gasteiger partial charge is 0.255 e. The van der Waals surface area contributed by atoms with E-state index >= 15 is 0 Å². The van der Waals surface area contributed by atoms with E-state index < -0.39 is 0 Å². The number of hydrogen-bond donors (Lipinski definition) is 1. The van der Waals surface area contributed by atoms with Crippen LogP contribution in [0, 0.1) is 5.41 Å². The average molecular weight is 372 g/mol. The van der Waals surface area contributed by atoms with E-state index in [9.17, 15) is 4.79 Å². The molecule has 2 saturated heterocycles. The number of piperidine rings is 2. The van der Waals surface area contributed by atoms with Gasteiger partial charge in [-0.2, -0.15) is 0 Å². The Kier molecular flexibility index (Phi) is 4.57. The van der Waals surface area contributed by atoms with Crippen LogP contribution in [0.4, 0.5) is 0 Å². The Morgan fingerprint density at radius 1 is 1.19 bits per heavy atom. The summed E-state index contributed by atoms with van der Waals surface area (Å²) in [6, 6.07) is 5.39. The maximum atomic E-state index is 12.7. The topological polar surface area (TPSA) is 32.3 Å². The summed E-state index contributed by atoms with van der Waals surface area (Å²) < 4.78 is 0.819. The number of carbonyl (C=O) groups is 1. The molecule has 0 atom stereocenters. The van der Waals surface area contributed by atoms with Gasteiger partial charge < -0.3 is 10.2 Å². The summed E-state index contributed by atoms with van der Waals surface area (Å²) >= 11 is 9.47. The molecule has 0 radical (unpaired) electrons. The van der Waals surface area contributed by atoms with Gasteiger partial charge in [0.05, 0.1) is 5.56 Å². The third kappa shape index (κ3) is 3.27. The fourth-order valence-corrected chi connectivity index (χ4v) is 4.06. The van der Waals surface area contributed by atoms with Crippen molar-refractivity contribution in [3.8, 4) is 0 Å². The first-order valence-corrected chi connectivity index (χ1v) is 8.72. The van der Waals surface area contributed by atoms with Crippen molar-refractivity contribution in [2.45, 2.75) is 25.7 Å². The van der Waals surface area contributed by atoms with E-state index in [-0.39, 0.29) is 5.91 Å². The van der Waals surface area contributed by atoms with Crippen molar-refractivity contribution >= 4 is 33.4 Å². The van der Waals surface area contributed by atoms with E-state index in [4.69, 9.17) is 11.6 Å². The van der Waals surface area contributed by atoms with Gasteiger partial charge in [-0.3, -0.25) is 4.79 Å². The van der Waals surface area contributed by atoms with Crippen LogP contribution in [0.2, 0.25) is 5.02 Å². The van der Waals surface area contributed by atoms with Crippen LogP contribution < -0.4 is 5.32 Å². The zero-order valence-corrected chi connectivity index (χ0v) is 14.3. The summed E-state index contributed by atoms with van der Waals surface area (Å²) in [6.45, 7) is 3.96. The molecule has 5 heteroatoms. The summed E-state index contributed by atoms with van der Waals surface area (Å²) in [4.78, 5) is 14.6. The molecular formula is C16H20BrClN2O. The van der Waals surface area contributed by atoms with Gasteiger partial charge in [0.1, 0.15) is 0 Å². The number of rotatable bonds is 1. The van der Waals surface area contributed by atoms with Gasteiger partial charge in [0.2, 0.25) is 0 Å². The van der Waals surface area contributed by atoms with Gasteiger partial charge in [0.25, 0.3) is 5.91 Å². The van der Waals surface area contributed by atoms with Gasteiger partial charge in [-0.25, -0.2) is 0 Å². The number of halogens is 2.